The summed E-state index contributed by atoms with van der Waals surface area (Å²) in [5.74, 6) is 0.633. The maximum Gasteiger partial charge on any atom is 0.257 e. The second kappa shape index (κ2) is 6.00. The molecule has 0 fully saturated rings. The molecule has 0 aliphatic heterocycles. The highest BCUT2D eigenvalue weighted by atomic mass is 79.9. The predicted octanol–water partition coefficient (Wildman–Crippen LogP) is 2.94. The second-order valence-electron chi connectivity index (χ2n) is 4.40. The lowest BCUT2D eigenvalue weighted by Crippen LogP contribution is -2.15. The molecular formula is C14H15BrN4O. The molecule has 0 spiro atoms. The van der Waals surface area contributed by atoms with E-state index in [1.807, 2.05) is 19.9 Å². The van der Waals surface area contributed by atoms with Gasteiger partial charge in [0.1, 0.15) is 11.6 Å². The minimum Gasteiger partial charge on any atom is -0.384 e. The van der Waals surface area contributed by atoms with Crippen LogP contribution in [-0.4, -0.2) is 15.9 Å². The molecule has 2 aromatic rings. The van der Waals surface area contributed by atoms with Crippen molar-refractivity contribution in [2.75, 3.05) is 11.1 Å². The lowest BCUT2D eigenvalue weighted by Gasteiger charge is -2.09. The number of nitrogens with one attached hydrogen (secondary N) is 1. The molecule has 0 aliphatic rings. The largest absolute Gasteiger partial charge is 0.384 e. The van der Waals surface area contributed by atoms with Gasteiger partial charge < -0.3 is 11.1 Å². The van der Waals surface area contributed by atoms with E-state index in [-0.39, 0.29) is 5.91 Å². The maximum absolute atomic E-state index is 12.2. The fourth-order valence-corrected chi connectivity index (χ4v) is 2.22. The standard InChI is InChI=1S/C14H15BrN4O/c1-3-11-5-9(6-12(16)18-11)14(20)19-13-8(2)4-10(15)7-17-13/h4-7H,3H2,1-2H3,(H2,16,18)(H,17,19,20). The van der Waals surface area contributed by atoms with Crippen LogP contribution >= 0.6 is 15.9 Å². The van der Waals surface area contributed by atoms with Crippen LogP contribution in [0.25, 0.3) is 0 Å². The molecule has 20 heavy (non-hydrogen) atoms. The van der Waals surface area contributed by atoms with Gasteiger partial charge in [-0.05, 0) is 53.0 Å². The summed E-state index contributed by atoms with van der Waals surface area (Å²) < 4.78 is 0.870. The molecule has 0 saturated carbocycles. The number of nitrogens with two attached hydrogens (primary N) is 1. The molecule has 6 heteroatoms. The normalized spacial score (nSPS) is 10.3. The molecule has 104 valence electrons. The third-order valence-electron chi connectivity index (χ3n) is 2.80. The van der Waals surface area contributed by atoms with Crippen LogP contribution < -0.4 is 11.1 Å². The van der Waals surface area contributed by atoms with E-state index in [9.17, 15) is 4.79 Å². The number of carbonyl (C=O) groups is 1. The minimum atomic E-state index is -0.244. The number of amides is 1. The second-order valence-corrected chi connectivity index (χ2v) is 5.31. The molecule has 3 N–H and O–H groups in total. The Morgan fingerprint density at radius 2 is 2.15 bits per heavy atom. The molecule has 0 bridgehead atoms. The number of hydrogen-bond acceptors (Lipinski definition) is 4. The van der Waals surface area contributed by atoms with E-state index in [4.69, 9.17) is 5.73 Å². The lowest BCUT2D eigenvalue weighted by molar-refractivity contribution is 0.102. The summed E-state index contributed by atoms with van der Waals surface area (Å²) in [5, 5.41) is 2.78. The molecule has 0 radical (unpaired) electrons. The Morgan fingerprint density at radius 3 is 2.80 bits per heavy atom. The average Bonchev–Trinajstić information content (AvgIpc) is 2.41. The van der Waals surface area contributed by atoms with Gasteiger partial charge in [0.05, 0.1) is 0 Å². The predicted molar refractivity (Wildman–Crippen MR) is 82.7 cm³/mol. The van der Waals surface area contributed by atoms with E-state index in [0.717, 1.165) is 22.2 Å². The van der Waals surface area contributed by atoms with E-state index >= 15 is 0 Å². The summed E-state index contributed by atoms with van der Waals surface area (Å²) in [6.45, 7) is 3.84. The number of anilines is 2. The molecule has 2 rings (SSSR count). The Hall–Kier alpha value is -1.95. The van der Waals surface area contributed by atoms with Crippen LogP contribution in [0.15, 0.2) is 28.9 Å². The summed E-state index contributed by atoms with van der Waals surface area (Å²) >= 11 is 3.34. The monoisotopic (exact) mass is 334 g/mol. The molecular weight excluding hydrogens is 320 g/mol. The van der Waals surface area contributed by atoms with Crippen LogP contribution in [0.1, 0.15) is 28.5 Å². The van der Waals surface area contributed by atoms with Gasteiger partial charge in [0.15, 0.2) is 0 Å². The fourth-order valence-electron chi connectivity index (χ4n) is 1.77. The van der Waals surface area contributed by atoms with E-state index in [2.05, 4.69) is 31.2 Å². The van der Waals surface area contributed by atoms with Gasteiger partial charge in [-0.15, -0.1) is 0 Å². The average molecular weight is 335 g/mol. The third kappa shape index (κ3) is 3.33. The highest BCUT2D eigenvalue weighted by Gasteiger charge is 2.11. The molecule has 0 aromatic carbocycles. The summed E-state index contributed by atoms with van der Waals surface area (Å²) in [4.78, 5) is 20.6. The van der Waals surface area contributed by atoms with Gasteiger partial charge in [0.25, 0.3) is 5.91 Å². The van der Waals surface area contributed by atoms with Crippen molar-refractivity contribution < 1.29 is 4.79 Å². The molecule has 2 aromatic heterocycles. The van der Waals surface area contributed by atoms with Gasteiger partial charge in [0, 0.05) is 21.9 Å². The first-order chi connectivity index (χ1) is 9.49. The fraction of sp³-hybridized carbons (Fsp3) is 0.214. The Balaban J connectivity index is 2.26. The van der Waals surface area contributed by atoms with E-state index in [0.29, 0.717) is 17.2 Å². The molecule has 2 heterocycles. The van der Waals surface area contributed by atoms with Gasteiger partial charge in [-0.25, -0.2) is 9.97 Å². The summed E-state index contributed by atoms with van der Waals surface area (Å²) in [5.41, 5.74) is 7.86. The highest BCUT2D eigenvalue weighted by molar-refractivity contribution is 9.10. The van der Waals surface area contributed by atoms with Crippen molar-refractivity contribution in [3.63, 3.8) is 0 Å². The number of nitrogen functional groups attached to an aromatic ring is 1. The molecule has 5 nitrogen and oxygen atoms in total. The van der Waals surface area contributed by atoms with E-state index in [1.54, 1.807) is 18.3 Å². The summed E-state index contributed by atoms with van der Waals surface area (Å²) in [6.07, 6.45) is 2.36. The number of nitrogens with zero attached hydrogens (tertiary/aromatic N) is 2. The first-order valence-corrected chi connectivity index (χ1v) is 6.99. The summed E-state index contributed by atoms with van der Waals surface area (Å²) in [7, 11) is 0. The van der Waals surface area contributed by atoms with Crippen LogP contribution in [0.5, 0.6) is 0 Å². The maximum atomic E-state index is 12.2. The van der Waals surface area contributed by atoms with Crippen molar-refractivity contribution in [2.45, 2.75) is 20.3 Å². The Labute approximate surface area is 125 Å². The van der Waals surface area contributed by atoms with Crippen LogP contribution in [-0.2, 0) is 6.42 Å². The number of rotatable bonds is 3. The SMILES string of the molecule is CCc1cc(C(=O)Nc2ncc(Br)cc2C)cc(N)n1. The highest BCUT2D eigenvalue weighted by Crippen LogP contribution is 2.18. The quantitative estimate of drug-likeness (QED) is 0.904. The first-order valence-electron chi connectivity index (χ1n) is 6.19. The third-order valence-corrected chi connectivity index (χ3v) is 3.23. The van der Waals surface area contributed by atoms with Crippen molar-refractivity contribution in [3.05, 3.63) is 45.7 Å². The van der Waals surface area contributed by atoms with Gasteiger partial charge >= 0.3 is 0 Å². The van der Waals surface area contributed by atoms with Crippen molar-refractivity contribution in [3.8, 4) is 0 Å². The number of halogens is 1. The zero-order valence-corrected chi connectivity index (χ0v) is 12.9. The molecule has 1 amide bonds. The number of aryl methyl sites for hydroxylation is 2. The van der Waals surface area contributed by atoms with Crippen LogP contribution in [0.4, 0.5) is 11.6 Å². The van der Waals surface area contributed by atoms with Crippen LogP contribution in [0.3, 0.4) is 0 Å². The molecule has 0 unspecified atom stereocenters. The number of hydrogen-bond donors (Lipinski definition) is 2. The van der Waals surface area contributed by atoms with Crippen molar-refractivity contribution in [1.82, 2.24) is 9.97 Å². The smallest absolute Gasteiger partial charge is 0.257 e. The minimum absolute atomic E-state index is 0.244. The summed E-state index contributed by atoms with van der Waals surface area (Å²) in [6, 6.07) is 5.18. The van der Waals surface area contributed by atoms with E-state index < -0.39 is 0 Å². The Bertz CT molecular complexity index is 658. The molecule has 0 atom stereocenters. The van der Waals surface area contributed by atoms with Gasteiger partial charge in [0.2, 0.25) is 0 Å². The van der Waals surface area contributed by atoms with Crippen molar-refractivity contribution >= 4 is 33.5 Å². The Kier molecular flexibility index (Phi) is 4.34. The van der Waals surface area contributed by atoms with E-state index in [1.165, 1.54) is 0 Å². The first kappa shape index (κ1) is 14.5. The van der Waals surface area contributed by atoms with Crippen molar-refractivity contribution in [1.29, 1.82) is 0 Å². The zero-order valence-electron chi connectivity index (χ0n) is 11.3. The molecule has 0 aliphatic carbocycles. The lowest BCUT2D eigenvalue weighted by atomic mass is 10.1. The van der Waals surface area contributed by atoms with Crippen LogP contribution in [0.2, 0.25) is 0 Å². The van der Waals surface area contributed by atoms with Gasteiger partial charge in [-0.1, -0.05) is 6.92 Å². The molecule has 0 saturated heterocycles. The van der Waals surface area contributed by atoms with Gasteiger partial charge in [-0.2, -0.15) is 0 Å². The van der Waals surface area contributed by atoms with Crippen molar-refractivity contribution in [2.24, 2.45) is 0 Å². The topological polar surface area (TPSA) is 80.9 Å². The number of aromatic nitrogens is 2. The zero-order chi connectivity index (χ0) is 14.7. The van der Waals surface area contributed by atoms with Crippen LogP contribution in [0, 0.1) is 6.92 Å². The van der Waals surface area contributed by atoms with Gasteiger partial charge in [-0.3, -0.25) is 4.79 Å². The Morgan fingerprint density at radius 1 is 1.40 bits per heavy atom. The number of pyridine rings is 2. The number of carbonyl (C=O) groups excluding carboxylic acids is 1.